The number of amides is 1. The molecule has 3 aromatic heterocycles. The lowest BCUT2D eigenvalue weighted by atomic mass is 10.2. The number of carbonyl (C=O) groups excluding carboxylic acids is 1. The van der Waals surface area contributed by atoms with Crippen LogP contribution in [0, 0.1) is 0 Å². The Bertz CT molecular complexity index is 1560. The number of carbonyl (C=O) groups is 1. The molecular formula is C29H28N6O3S2. The molecule has 1 saturated heterocycles. The van der Waals surface area contributed by atoms with Crippen molar-refractivity contribution in [2.75, 3.05) is 37.7 Å². The summed E-state index contributed by atoms with van der Waals surface area (Å²) in [6.45, 7) is 5.37. The van der Waals surface area contributed by atoms with E-state index in [9.17, 15) is 4.79 Å². The number of hydrogen-bond acceptors (Lipinski definition) is 9. The Morgan fingerprint density at radius 1 is 1.00 bits per heavy atom. The summed E-state index contributed by atoms with van der Waals surface area (Å²) in [7, 11) is 0. The number of hydrogen-bond donors (Lipinski definition) is 0. The Balaban J connectivity index is 1.11. The van der Waals surface area contributed by atoms with E-state index >= 15 is 0 Å². The maximum atomic E-state index is 13.3. The number of benzene rings is 2. The lowest BCUT2D eigenvalue weighted by Gasteiger charge is -2.36. The Hall–Kier alpha value is -4.09. The lowest BCUT2D eigenvalue weighted by Crippen LogP contribution is -2.49. The molecule has 0 atom stereocenters. The fourth-order valence-corrected chi connectivity index (χ4v) is 6.39. The van der Waals surface area contributed by atoms with Gasteiger partial charge in [0.1, 0.15) is 16.5 Å². The predicted octanol–water partition coefficient (Wildman–Crippen LogP) is 5.64. The van der Waals surface area contributed by atoms with E-state index < -0.39 is 0 Å². The van der Waals surface area contributed by atoms with Crippen molar-refractivity contribution in [3.63, 3.8) is 0 Å². The van der Waals surface area contributed by atoms with Crippen LogP contribution >= 0.6 is 23.1 Å². The number of para-hydroxylation sites is 3. The topological polar surface area (TPSA) is 89.5 Å². The van der Waals surface area contributed by atoms with Gasteiger partial charge in [-0.2, -0.15) is 0 Å². The van der Waals surface area contributed by atoms with Crippen LogP contribution in [0.5, 0.6) is 5.75 Å². The molecule has 9 nitrogen and oxygen atoms in total. The van der Waals surface area contributed by atoms with Crippen molar-refractivity contribution in [1.82, 2.24) is 24.6 Å². The molecule has 0 unspecified atom stereocenters. The van der Waals surface area contributed by atoms with E-state index in [4.69, 9.17) is 9.15 Å². The molecule has 1 fully saturated rings. The minimum Gasteiger partial charge on any atom is -0.492 e. The van der Waals surface area contributed by atoms with Gasteiger partial charge in [0.05, 0.1) is 24.3 Å². The van der Waals surface area contributed by atoms with Crippen LogP contribution in [0.3, 0.4) is 0 Å². The standard InChI is InChI=1S/C29H28N6O3S2/c1-2-37-24-12-7-6-11-23(24)33-14-16-34(17-15-33)28(36)22-19-39-26(30-22)20-40-29-32-31-27(25-13-8-18-38-25)35(29)21-9-4-3-5-10-21/h3-13,18-19H,2,14-17,20H2,1H3. The Labute approximate surface area is 240 Å². The van der Waals surface area contributed by atoms with Crippen molar-refractivity contribution in [1.29, 1.82) is 0 Å². The molecule has 1 amide bonds. The average Bonchev–Trinajstić information content (AvgIpc) is 3.78. The smallest absolute Gasteiger partial charge is 0.273 e. The summed E-state index contributed by atoms with van der Waals surface area (Å²) in [5, 5.41) is 12.3. The number of thioether (sulfide) groups is 1. The molecule has 0 saturated carbocycles. The second-order valence-corrected chi connectivity index (χ2v) is 10.9. The third-order valence-corrected chi connectivity index (χ3v) is 8.53. The summed E-state index contributed by atoms with van der Waals surface area (Å²) in [5.41, 5.74) is 2.51. The van der Waals surface area contributed by atoms with E-state index in [2.05, 4.69) is 26.1 Å². The van der Waals surface area contributed by atoms with Crippen LogP contribution in [0.1, 0.15) is 22.4 Å². The van der Waals surface area contributed by atoms with Gasteiger partial charge in [-0.1, -0.05) is 42.1 Å². The van der Waals surface area contributed by atoms with E-state index in [-0.39, 0.29) is 5.91 Å². The molecule has 5 aromatic rings. The number of piperazine rings is 1. The van der Waals surface area contributed by atoms with Gasteiger partial charge < -0.3 is 19.0 Å². The number of nitrogens with zero attached hydrogens (tertiary/aromatic N) is 6. The third kappa shape index (κ3) is 5.47. The molecule has 1 aliphatic rings. The zero-order chi connectivity index (χ0) is 27.3. The number of thiazole rings is 1. The van der Waals surface area contributed by atoms with Gasteiger partial charge in [0.2, 0.25) is 5.82 Å². The maximum absolute atomic E-state index is 13.3. The van der Waals surface area contributed by atoms with Crippen molar-refractivity contribution >= 4 is 34.7 Å². The number of anilines is 1. The highest BCUT2D eigenvalue weighted by Crippen LogP contribution is 2.31. The molecular weight excluding hydrogens is 544 g/mol. The summed E-state index contributed by atoms with van der Waals surface area (Å²) in [6, 6.07) is 21.7. The monoisotopic (exact) mass is 572 g/mol. The van der Waals surface area contributed by atoms with Gasteiger partial charge in [0.15, 0.2) is 10.9 Å². The predicted molar refractivity (Wildman–Crippen MR) is 156 cm³/mol. The second kappa shape index (κ2) is 12.0. The summed E-state index contributed by atoms with van der Waals surface area (Å²) in [5.74, 6) is 2.70. The first-order valence-corrected chi connectivity index (χ1v) is 15.0. The van der Waals surface area contributed by atoms with Crippen LogP contribution in [-0.2, 0) is 5.75 Å². The van der Waals surface area contributed by atoms with E-state index in [1.165, 1.54) is 23.1 Å². The molecule has 6 rings (SSSR count). The van der Waals surface area contributed by atoms with Gasteiger partial charge in [0, 0.05) is 37.2 Å². The number of aromatic nitrogens is 4. The Morgan fingerprint density at radius 2 is 1.80 bits per heavy atom. The van der Waals surface area contributed by atoms with Crippen molar-refractivity contribution in [3.8, 4) is 23.0 Å². The van der Waals surface area contributed by atoms with Crippen LogP contribution in [0.4, 0.5) is 5.69 Å². The quantitative estimate of drug-likeness (QED) is 0.210. The summed E-state index contributed by atoms with van der Waals surface area (Å²) in [6.07, 6.45) is 1.62. The van der Waals surface area contributed by atoms with Crippen LogP contribution < -0.4 is 9.64 Å². The molecule has 0 aliphatic carbocycles. The van der Waals surface area contributed by atoms with Crippen molar-refractivity contribution in [2.45, 2.75) is 17.8 Å². The highest BCUT2D eigenvalue weighted by molar-refractivity contribution is 7.98. The SMILES string of the molecule is CCOc1ccccc1N1CCN(C(=O)c2csc(CSc3nnc(-c4ccco4)n3-c3ccccc3)n2)CC1. The first kappa shape index (κ1) is 26.1. The van der Waals surface area contributed by atoms with E-state index in [1.54, 1.807) is 6.26 Å². The molecule has 1 aliphatic heterocycles. The van der Waals surface area contributed by atoms with E-state index in [0.29, 0.717) is 42.7 Å². The zero-order valence-corrected chi connectivity index (χ0v) is 23.6. The summed E-state index contributed by atoms with van der Waals surface area (Å²) in [4.78, 5) is 22.1. The molecule has 40 heavy (non-hydrogen) atoms. The highest BCUT2D eigenvalue weighted by atomic mass is 32.2. The third-order valence-electron chi connectivity index (χ3n) is 6.56. The maximum Gasteiger partial charge on any atom is 0.273 e. The van der Waals surface area contributed by atoms with E-state index in [0.717, 1.165) is 40.4 Å². The van der Waals surface area contributed by atoms with E-state index in [1.807, 2.05) is 82.4 Å². The minimum absolute atomic E-state index is 0.0298. The largest absolute Gasteiger partial charge is 0.492 e. The minimum atomic E-state index is -0.0298. The fraction of sp³-hybridized carbons (Fsp3) is 0.241. The second-order valence-electron chi connectivity index (χ2n) is 9.05. The van der Waals surface area contributed by atoms with Crippen molar-refractivity contribution in [3.05, 3.63) is 89.1 Å². The molecule has 2 aromatic carbocycles. The van der Waals surface area contributed by atoms with Crippen LogP contribution in [0.2, 0.25) is 0 Å². The first-order chi connectivity index (χ1) is 19.7. The van der Waals surface area contributed by atoms with Gasteiger partial charge >= 0.3 is 0 Å². The normalized spacial score (nSPS) is 13.5. The number of rotatable bonds is 9. The number of ether oxygens (including phenoxy) is 1. The number of furan rings is 1. The van der Waals surface area contributed by atoms with Crippen LogP contribution in [0.15, 0.2) is 87.9 Å². The zero-order valence-electron chi connectivity index (χ0n) is 22.0. The molecule has 0 radical (unpaired) electrons. The molecule has 11 heteroatoms. The van der Waals surface area contributed by atoms with Gasteiger partial charge in [-0.15, -0.1) is 21.5 Å². The van der Waals surface area contributed by atoms with Gasteiger partial charge in [0.25, 0.3) is 5.91 Å². The van der Waals surface area contributed by atoms with Crippen LogP contribution in [-0.4, -0.2) is 63.3 Å². The Morgan fingerprint density at radius 3 is 2.58 bits per heavy atom. The lowest BCUT2D eigenvalue weighted by molar-refractivity contribution is 0.0741. The molecule has 4 heterocycles. The summed E-state index contributed by atoms with van der Waals surface area (Å²) >= 11 is 3.02. The van der Waals surface area contributed by atoms with Gasteiger partial charge in [-0.05, 0) is 43.3 Å². The van der Waals surface area contributed by atoms with Crippen molar-refractivity contribution in [2.24, 2.45) is 0 Å². The Kier molecular flexibility index (Phi) is 7.83. The van der Waals surface area contributed by atoms with Gasteiger partial charge in [-0.25, -0.2) is 4.98 Å². The van der Waals surface area contributed by atoms with Gasteiger partial charge in [-0.3, -0.25) is 9.36 Å². The average molecular weight is 573 g/mol. The summed E-state index contributed by atoms with van der Waals surface area (Å²) < 4.78 is 13.4. The molecule has 0 spiro atoms. The molecule has 0 N–H and O–H groups in total. The fourth-order valence-electron chi connectivity index (χ4n) is 4.65. The van der Waals surface area contributed by atoms with Crippen molar-refractivity contribution < 1.29 is 13.9 Å². The highest BCUT2D eigenvalue weighted by Gasteiger charge is 2.25. The molecule has 0 bridgehead atoms. The van der Waals surface area contributed by atoms with Crippen LogP contribution in [0.25, 0.3) is 17.3 Å². The molecule has 204 valence electrons. The first-order valence-electron chi connectivity index (χ1n) is 13.1.